The van der Waals surface area contributed by atoms with Gasteiger partial charge < -0.3 is 4.74 Å². The highest BCUT2D eigenvalue weighted by Gasteiger charge is 2.34. The summed E-state index contributed by atoms with van der Waals surface area (Å²) in [6, 6.07) is 18.8. The molecule has 1 aliphatic heterocycles. The van der Waals surface area contributed by atoms with Crippen LogP contribution in [0, 0.1) is 0 Å². The van der Waals surface area contributed by atoms with Crippen LogP contribution in [0.2, 0.25) is 0 Å². The molecule has 0 amide bonds. The van der Waals surface area contributed by atoms with Crippen molar-refractivity contribution in [3.63, 3.8) is 0 Å². The van der Waals surface area contributed by atoms with E-state index in [0.29, 0.717) is 0 Å². The molecular formula is C18H18O. The summed E-state index contributed by atoms with van der Waals surface area (Å²) in [6.45, 7) is 3.04. The molecule has 0 spiro atoms. The topological polar surface area (TPSA) is 9.23 Å². The number of allylic oxidation sites excluding steroid dienone is 1. The second-order valence-electron chi connectivity index (χ2n) is 5.36. The van der Waals surface area contributed by atoms with Gasteiger partial charge in [-0.25, -0.2) is 0 Å². The Morgan fingerprint density at radius 2 is 1.79 bits per heavy atom. The highest BCUT2D eigenvalue weighted by Crippen LogP contribution is 2.40. The normalized spacial score (nSPS) is 21.3. The van der Waals surface area contributed by atoms with Crippen LogP contribution >= 0.6 is 0 Å². The molecule has 0 bridgehead atoms. The van der Waals surface area contributed by atoms with Gasteiger partial charge in [0.25, 0.3) is 0 Å². The lowest BCUT2D eigenvalue weighted by atomic mass is 9.81. The lowest BCUT2D eigenvalue weighted by Crippen LogP contribution is -2.22. The third kappa shape index (κ3) is 2.41. The maximum Gasteiger partial charge on any atom is 0.123 e. The van der Waals surface area contributed by atoms with E-state index in [1.54, 1.807) is 0 Å². The number of hydrogen-bond donors (Lipinski definition) is 0. The van der Waals surface area contributed by atoms with Crippen LogP contribution in [-0.2, 0) is 5.41 Å². The Labute approximate surface area is 114 Å². The van der Waals surface area contributed by atoms with Crippen molar-refractivity contribution in [1.29, 1.82) is 0 Å². The summed E-state index contributed by atoms with van der Waals surface area (Å²) in [5.74, 6) is 1.04. The van der Waals surface area contributed by atoms with Crippen molar-refractivity contribution in [1.82, 2.24) is 0 Å². The van der Waals surface area contributed by atoms with Gasteiger partial charge in [0.05, 0.1) is 6.61 Å². The van der Waals surface area contributed by atoms with Crippen molar-refractivity contribution in [2.45, 2.75) is 18.8 Å². The number of fused-ring (bicyclic) bond motifs is 1. The van der Waals surface area contributed by atoms with Crippen molar-refractivity contribution in [2.75, 3.05) is 6.61 Å². The van der Waals surface area contributed by atoms with E-state index < -0.39 is 0 Å². The molecule has 0 saturated carbocycles. The van der Waals surface area contributed by atoms with E-state index in [2.05, 4.69) is 61.5 Å². The molecule has 0 fully saturated rings. The average Bonchev–Trinajstić information content (AvgIpc) is 2.79. The predicted molar refractivity (Wildman–Crippen MR) is 79.4 cm³/mol. The second-order valence-corrected chi connectivity index (χ2v) is 5.36. The van der Waals surface area contributed by atoms with Gasteiger partial charge in [0.2, 0.25) is 0 Å². The molecule has 0 aliphatic carbocycles. The van der Waals surface area contributed by atoms with Gasteiger partial charge in [-0.3, -0.25) is 0 Å². The fourth-order valence-corrected chi connectivity index (χ4v) is 2.59. The molecule has 0 saturated heterocycles. The molecule has 19 heavy (non-hydrogen) atoms. The van der Waals surface area contributed by atoms with Crippen LogP contribution in [0.1, 0.15) is 24.5 Å². The predicted octanol–water partition coefficient (Wildman–Crippen LogP) is 4.44. The minimum atomic E-state index is 0.0991. The zero-order valence-electron chi connectivity index (χ0n) is 11.2. The van der Waals surface area contributed by atoms with E-state index in [0.717, 1.165) is 18.8 Å². The Kier molecular flexibility index (Phi) is 3.12. The van der Waals surface area contributed by atoms with E-state index in [9.17, 15) is 0 Å². The van der Waals surface area contributed by atoms with Crippen LogP contribution in [0.25, 0.3) is 6.08 Å². The fraction of sp³-hybridized carbons (Fsp3) is 0.222. The van der Waals surface area contributed by atoms with Crippen LogP contribution in [0.15, 0.2) is 60.7 Å². The van der Waals surface area contributed by atoms with Crippen LogP contribution in [0.3, 0.4) is 0 Å². The van der Waals surface area contributed by atoms with Gasteiger partial charge in [0, 0.05) is 11.0 Å². The first kappa shape index (κ1) is 12.0. The zero-order valence-corrected chi connectivity index (χ0v) is 11.2. The Morgan fingerprint density at radius 3 is 2.63 bits per heavy atom. The smallest absolute Gasteiger partial charge is 0.123 e. The summed E-state index contributed by atoms with van der Waals surface area (Å²) >= 11 is 0. The minimum absolute atomic E-state index is 0.0991. The Bertz CT molecular complexity index is 586. The van der Waals surface area contributed by atoms with Gasteiger partial charge >= 0.3 is 0 Å². The number of rotatable bonds is 3. The summed E-state index contributed by atoms with van der Waals surface area (Å²) in [5.41, 5.74) is 2.67. The third-order valence-corrected chi connectivity index (χ3v) is 3.76. The summed E-state index contributed by atoms with van der Waals surface area (Å²) in [5, 5.41) is 0. The van der Waals surface area contributed by atoms with Gasteiger partial charge in [0.15, 0.2) is 0 Å². The Balaban J connectivity index is 1.76. The summed E-state index contributed by atoms with van der Waals surface area (Å²) in [6.07, 6.45) is 5.44. The lowest BCUT2D eigenvalue weighted by Gasteiger charge is -2.20. The molecular weight excluding hydrogens is 232 g/mol. The van der Waals surface area contributed by atoms with E-state index in [-0.39, 0.29) is 5.41 Å². The second kappa shape index (κ2) is 4.93. The molecule has 1 aliphatic rings. The van der Waals surface area contributed by atoms with Crippen molar-refractivity contribution in [2.24, 2.45) is 0 Å². The van der Waals surface area contributed by atoms with Crippen LogP contribution in [-0.4, -0.2) is 6.61 Å². The van der Waals surface area contributed by atoms with Crippen molar-refractivity contribution >= 4 is 6.08 Å². The van der Waals surface area contributed by atoms with Crippen molar-refractivity contribution < 1.29 is 4.74 Å². The van der Waals surface area contributed by atoms with Gasteiger partial charge in [-0.05, 0) is 18.1 Å². The molecule has 96 valence electrons. The molecule has 3 rings (SSSR count). The van der Waals surface area contributed by atoms with E-state index in [1.807, 2.05) is 12.1 Å². The molecule has 0 N–H and O–H groups in total. The summed E-state index contributed by atoms with van der Waals surface area (Å²) in [7, 11) is 0. The highest BCUT2D eigenvalue weighted by molar-refractivity contribution is 5.50. The molecule has 1 nitrogen and oxygen atoms in total. The van der Waals surface area contributed by atoms with Crippen LogP contribution in [0.5, 0.6) is 5.75 Å². The lowest BCUT2D eigenvalue weighted by molar-refractivity contribution is 0.279. The number of benzene rings is 2. The zero-order chi connectivity index (χ0) is 13.1. The minimum Gasteiger partial charge on any atom is -0.492 e. The van der Waals surface area contributed by atoms with Gasteiger partial charge in [0.1, 0.15) is 5.75 Å². The van der Waals surface area contributed by atoms with Gasteiger partial charge in [-0.15, -0.1) is 0 Å². The molecule has 1 heterocycles. The summed E-state index contributed by atoms with van der Waals surface area (Å²) in [4.78, 5) is 0. The maximum atomic E-state index is 5.78. The van der Waals surface area contributed by atoms with Crippen LogP contribution < -0.4 is 4.74 Å². The molecule has 1 atom stereocenters. The van der Waals surface area contributed by atoms with Gasteiger partial charge in [-0.1, -0.05) is 67.6 Å². The fourth-order valence-electron chi connectivity index (χ4n) is 2.59. The standard InChI is InChI=1S/C18H18O/c1-18(13-7-10-15-8-3-2-4-9-15)14-19-17-12-6-5-11-16(17)18/h2-12H,13-14H2,1H3/b10-7+. The maximum absolute atomic E-state index is 5.78. The van der Waals surface area contributed by atoms with Crippen LogP contribution in [0.4, 0.5) is 0 Å². The molecule has 0 radical (unpaired) electrons. The first-order valence-electron chi connectivity index (χ1n) is 6.72. The molecule has 1 unspecified atom stereocenters. The quantitative estimate of drug-likeness (QED) is 0.782. The van der Waals surface area contributed by atoms with Crippen molar-refractivity contribution in [3.05, 3.63) is 71.8 Å². The number of para-hydroxylation sites is 1. The average molecular weight is 250 g/mol. The van der Waals surface area contributed by atoms with Crippen molar-refractivity contribution in [3.8, 4) is 5.75 Å². The largest absolute Gasteiger partial charge is 0.492 e. The molecule has 2 aromatic carbocycles. The SMILES string of the molecule is CC1(C/C=C/c2ccccc2)COc2ccccc21. The molecule has 0 aromatic heterocycles. The monoisotopic (exact) mass is 250 g/mol. The first-order chi connectivity index (χ1) is 9.28. The Morgan fingerprint density at radius 1 is 1.05 bits per heavy atom. The first-order valence-corrected chi connectivity index (χ1v) is 6.72. The third-order valence-electron chi connectivity index (χ3n) is 3.76. The van der Waals surface area contributed by atoms with Gasteiger partial charge in [-0.2, -0.15) is 0 Å². The molecule has 2 aromatic rings. The van der Waals surface area contributed by atoms with E-state index >= 15 is 0 Å². The Hall–Kier alpha value is -2.02. The summed E-state index contributed by atoms with van der Waals surface area (Å²) < 4.78 is 5.78. The van der Waals surface area contributed by atoms with E-state index in [1.165, 1.54) is 11.1 Å². The number of hydrogen-bond acceptors (Lipinski definition) is 1. The highest BCUT2D eigenvalue weighted by atomic mass is 16.5. The van der Waals surface area contributed by atoms with E-state index in [4.69, 9.17) is 4.74 Å². The number of ether oxygens (including phenoxy) is 1. The molecule has 1 heteroatoms.